The molecule has 2 amide bonds. The van der Waals surface area contributed by atoms with Crippen LogP contribution in [0.3, 0.4) is 0 Å². The van der Waals surface area contributed by atoms with Crippen molar-refractivity contribution in [1.82, 2.24) is 16.0 Å². The number of aryl methyl sites for hydroxylation is 1. The van der Waals surface area contributed by atoms with Crippen LogP contribution in [-0.2, 0) is 6.54 Å². The number of amides is 2. The van der Waals surface area contributed by atoms with Crippen molar-refractivity contribution in [2.75, 3.05) is 12.4 Å². The molecule has 0 heterocycles. The number of carbonyl (C=O) groups is 1. The van der Waals surface area contributed by atoms with Gasteiger partial charge in [0, 0.05) is 25.3 Å². The first-order valence-electron chi connectivity index (χ1n) is 9.68. The number of anilines is 1. The molecule has 0 aliphatic heterocycles. The zero-order valence-electron chi connectivity index (χ0n) is 17.6. The van der Waals surface area contributed by atoms with Gasteiger partial charge in [-0.15, -0.1) is 0 Å². The number of urea groups is 1. The van der Waals surface area contributed by atoms with Crippen LogP contribution in [0.2, 0.25) is 0 Å². The quantitative estimate of drug-likeness (QED) is 0.436. The molecular weight excluding hydrogens is 369 g/mol. The lowest BCUT2D eigenvalue weighted by molar-refractivity contribution is 0.250. The molecule has 4 N–H and O–H groups in total. The first-order valence-corrected chi connectivity index (χ1v) is 9.68. The number of hydrogen-bond acceptors (Lipinski definition) is 2. The zero-order valence-corrected chi connectivity index (χ0v) is 17.6. The number of benzene rings is 2. The molecule has 2 aromatic rings. The normalized spacial score (nSPS) is 12.4. The van der Waals surface area contributed by atoms with Gasteiger partial charge in [-0.3, -0.25) is 4.99 Å². The average Bonchev–Trinajstić information content (AvgIpc) is 2.67. The third-order valence-electron chi connectivity index (χ3n) is 4.36. The highest BCUT2D eigenvalue weighted by molar-refractivity contribution is 5.89. The number of halogens is 1. The van der Waals surface area contributed by atoms with Gasteiger partial charge in [-0.2, -0.15) is 0 Å². The number of rotatable bonds is 6. The van der Waals surface area contributed by atoms with Gasteiger partial charge in [0.2, 0.25) is 0 Å². The minimum Gasteiger partial charge on any atom is -0.352 e. The lowest BCUT2D eigenvalue weighted by atomic mass is 10.1. The third-order valence-corrected chi connectivity index (χ3v) is 4.36. The standard InChI is InChI=1S/C22H30FN5O/c1-14(2)26-22(29)28-19-10-7-17(8-11-19)13-25-21(24-5)27-16(4)18-9-6-15(3)20(23)12-18/h6-12,14,16H,13H2,1-5H3,(H2,24,25,27)(H2,26,28,29). The van der Waals surface area contributed by atoms with E-state index in [1.54, 1.807) is 26.1 Å². The van der Waals surface area contributed by atoms with Crippen LogP contribution in [-0.4, -0.2) is 25.1 Å². The zero-order chi connectivity index (χ0) is 21.4. The molecule has 0 saturated carbocycles. The van der Waals surface area contributed by atoms with Gasteiger partial charge in [0.15, 0.2) is 5.96 Å². The second-order valence-electron chi connectivity index (χ2n) is 7.25. The molecular formula is C22H30FN5O. The van der Waals surface area contributed by atoms with E-state index in [0.29, 0.717) is 18.1 Å². The molecule has 0 radical (unpaired) electrons. The van der Waals surface area contributed by atoms with Crippen LogP contribution in [0.5, 0.6) is 0 Å². The van der Waals surface area contributed by atoms with E-state index in [4.69, 9.17) is 0 Å². The van der Waals surface area contributed by atoms with Crippen LogP contribution in [0.4, 0.5) is 14.9 Å². The lowest BCUT2D eigenvalue weighted by Gasteiger charge is -2.19. The molecule has 0 aromatic heterocycles. The highest BCUT2D eigenvalue weighted by Crippen LogP contribution is 2.16. The number of carbonyl (C=O) groups excluding carboxylic acids is 1. The Morgan fingerprint density at radius 2 is 1.76 bits per heavy atom. The molecule has 2 rings (SSSR count). The van der Waals surface area contributed by atoms with Crippen molar-refractivity contribution in [1.29, 1.82) is 0 Å². The third kappa shape index (κ3) is 7.10. The predicted molar refractivity (Wildman–Crippen MR) is 117 cm³/mol. The van der Waals surface area contributed by atoms with Crippen molar-refractivity contribution in [2.45, 2.75) is 46.3 Å². The Morgan fingerprint density at radius 3 is 2.34 bits per heavy atom. The lowest BCUT2D eigenvalue weighted by Crippen LogP contribution is -2.38. The summed E-state index contributed by atoms with van der Waals surface area (Å²) in [6.45, 7) is 8.08. The fraction of sp³-hybridized carbons (Fsp3) is 0.364. The molecule has 0 spiro atoms. The first-order chi connectivity index (χ1) is 13.8. The van der Waals surface area contributed by atoms with Gasteiger partial charge < -0.3 is 21.3 Å². The van der Waals surface area contributed by atoms with Crippen LogP contribution < -0.4 is 21.3 Å². The maximum Gasteiger partial charge on any atom is 0.319 e. The Balaban J connectivity index is 1.88. The van der Waals surface area contributed by atoms with Gasteiger partial charge >= 0.3 is 6.03 Å². The van der Waals surface area contributed by atoms with Gasteiger partial charge in [-0.25, -0.2) is 9.18 Å². The molecule has 156 valence electrons. The van der Waals surface area contributed by atoms with Crippen LogP contribution >= 0.6 is 0 Å². The smallest absolute Gasteiger partial charge is 0.319 e. The van der Waals surface area contributed by atoms with E-state index in [1.165, 1.54) is 0 Å². The molecule has 0 aliphatic rings. The molecule has 29 heavy (non-hydrogen) atoms. The maximum absolute atomic E-state index is 13.8. The fourth-order valence-electron chi connectivity index (χ4n) is 2.68. The average molecular weight is 400 g/mol. The summed E-state index contributed by atoms with van der Waals surface area (Å²) in [5, 5.41) is 12.1. The first kappa shape index (κ1) is 22.2. The minimum atomic E-state index is -0.225. The highest BCUT2D eigenvalue weighted by atomic mass is 19.1. The van der Waals surface area contributed by atoms with Gasteiger partial charge in [-0.1, -0.05) is 24.3 Å². The monoisotopic (exact) mass is 399 g/mol. The van der Waals surface area contributed by atoms with Gasteiger partial charge in [0.05, 0.1) is 6.04 Å². The van der Waals surface area contributed by atoms with Crippen molar-refractivity contribution in [3.8, 4) is 0 Å². The van der Waals surface area contributed by atoms with Crippen molar-refractivity contribution in [3.63, 3.8) is 0 Å². The van der Waals surface area contributed by atoms with E-state index < -0.39 is 0 Å². The Morgan fingerprint density at radius 1 is 1.07 bits per heavy atom. The summed E-state index contributed by atoms with van der Waals surface area (Å²) in [5.74, 6) is 0.409. The molecule has 6 nitrogen and oxygen atoms in total. The van der Waals surface area contributed by atoms with E-state index in [9.17, 15) is 9.18 Å². The summed E-state index contributed by atoms with van der Waals surface area (Å²) in [7, 11) is 1.69. The van der Waals surface area contributed by atoms with Gasteiger partial charge in [0.25, 0.3) is 0 Å². The van der Waals surface area contributed by atoms with E-state index in [0.717, 1.165) is 16.8 Å². The molecule has 1 unspecified atom stereocenters. The summed E-state index contributed by atoms with van der Waals surface area (Å²) in [6.07, 6.45) is 0. The summed E-state index contributed by atoms with van der Waals surface area (Å²) in [5.41, 5.74) is 3.25. The summed E-state index contributed by atoms with van der Waals surface area (Å²) in [6, 6.07) is 12.6. The molecule has 0 fully saturated rings. The van der Waals surface area contributed by atoms with E-state index >= 15 is 0 Å². The van der Waals surface area contributed by atoms with Crippen molar-refractivity contribution >= 4 is 17.7 Å². The maximum atomic E-state index is 13.8. The molecule has 1 atom stereocenters. The largest absolute Gasteiger partial charge is 0.352 e. The number of nitrogens with zero attached hydrogens (tertiary/aromatic N) is 1. The van der Waals surface area contributed by atoms with E-state index in [-0.39, 0.29) is 23.9 Å². The number of guanidine groups is 1. The summed E-state index contributed by atoms with van der Waals surface area (Å²) in [4.78, 5) is 16.0. The Kier molecular flexibility index (Phi) is 8.00. The molecule has 0 bridgehead atoms. The van der Waals surface area contributed by atoms with Crippen LogP contribution in [0.25, 0.3) is 0 Å². The second kappa shape index (κ2) is 10.5. The Labute approximate surface area is 172 Å². The van der Waals surface area contributed by atoms with Gasteiger partial charge in [0.1, 0.15) is 5.82 Å². The summed E-state index contributed by atoms with van der Waals surface area (Å²) < 4.78 is 13.8. The highest BCUT2D eigenvalue weighted by Gasteiger charge is 2.10. The van der Waals surface area contributed by atoms with Gasteiger partial charge in [-0.05, 0) is 62.6 Å². The number of nitrogens with one attached hydrogen (secondary N) is 4. The number of aliphatic imine (C=N–C) groups is 1. The molecule has 2 aromatic carbocycles. The van der Waals surface area contributed by atoms with Crippen molar-refractivity contribution in [2.24, 2.45) is 4.99 Å². The molecule has 0 saturated heterocycles. The van der Waals surface area contributed by atoms with E-state index in [1.807, 2.05) is 51.1 Å². The molecule has 7 heteroatoms. The fourth-order valence-corrected chi connectivity index (χ4v) is 2.68. The SMILES string of the molecule is CN=C(NCc1ccc(NC(=O)NC(C)C)cc1)NC(C)c1ccc(C)c(F)c1. The van der Waals surface area contributed by atoms with Crippen LogP contribution in [0.15, 0.2) is 47.5 Å². The van der Waals surface area contributed by atoms with E-state index in [2.05, 4.69) is 26.3 Å². The van der Waals surface area contributed by atoms with Crippen molar-refractivity contribution < 1.29 is 9.18 Å². The van der Waals surface area contributed by atoms with Crippen LogP contribution in [0.1, 0.15) is 43.5 Å². The Hall–Kier alpha value is -3.09. The minimum absolute atomic E-state index is 0.0801. The van der Waals surface area contributed by atoms with Crippen molar-refractivity contribution in [3.05, 3.63) is 65.0 Å². The molecule has 0 aliphatic carbocycles. The summed E-state index contributed by atoms with van der Waals surface area (Å²) >= 11 is 0. The number of hydrogen-bond donors (Lipinski definition) is 4. The topological polar surface area (TPSA) is 77.5 Å². The Bertz CT molecular complexity index is 849. The second-order valence-corrected chi connectivity index (χ2v) is 7.25. The van der Waals surface area contributed by atoms with Crippen LogP contribution in [0, 0.1) is 12.7 Å². The predicted octanol–water partition coefficient (Wildman–Crippen LogP) is 4.09.